The first-order valence-electron chi connectivity index (χ1n) is 8.60. The third-order valence-electron chi connectivity index (χ3n) is 4.73. The van der Waals surface area contributed by atoms with Crippen LogP contribution in [0.1, 0.15) is 23.2 Å². The van der Waals surface area contributed by atoms with Crippen LogP contribution in [0.25, 0.3) is 5.69 Å². The molecule has 140 valence electrons. The van der Waals surface area contributed by atoms with Crippen molar-refractivity contribution in [2.45, 2.75) is 19.8 Å². The highest BCUT2D eigenvalue weighted by Crippen LogP contribution is 2.33. The van der Waals surface area contributed by atoms with E-state index in [1.54, 1.807) is 28.9 Å². The van der Waals surface area contributed by atoms with Gasteiger partial charge in [0.25, 0.3) is 11.4 Å². The second-order valence-electron chi connectivity index (χ2n) is 6.44. The predicted molar refractivity (Wildman–Crippen MR) is 103 cm³/mol. The van der Waals surface area contributed by atoms with E-state index < -0.39 is 9.85 Å². The Morgan fingerprint density at radius 1 is 0.893 bits per heavy atom. The summed E-state index contributed by atoms with van der Waals surface area (Å²) in [4.78, 5) is 25.6. The molecule has 0 atom stereocenters. The molecule has 0 saturated heterocycles. The highest BCUT2D eigenvalue weighted by atomic mass is 16.6. The third kappa shape index (κ3) is 3.02. The summed E-state index contributed by atoms with van der Waals surface area (Å²) in [6, 6.07) is 12.5. The summed E-state index contributed by atoms with van der Waals surface area (Å²) < 4.78 is 1.68. The minimum atomic E-state index is -0.446. The molecule has 9 nitrogen and oxygen atoms in total. The third-order valence-corrected chi connectivity index (χ3v) is 4.73. The summed E-state index contributed by atoms with van der Waals surface area (Å²) in [7, 11) is 0. The number of rotatable bonds is 4. The van der Waals surface area contributed by atoms with Crippen molar-refractivity contribution < 1.29 is 9.85 Å². The van der Waals surface area contributed by atoms with Crippen LogP contribution in [0.15, 0.2) is 53.5 Å². The van der Waals surface area contributed by atoms with Crippen molar-refractivity contribution in [1.82, 2.24) is 9.78 Å². The zero-order chi connectivity index (χ0) is 19.8. The van der Waals surface area contributed by atoms with E-state index in [-0.39, 0.29) is 11.4 Å². The molecule has 4 rings (SSSR count). The lowest BCUT2D eigenvalue weighted by Gasteiger charge is -2.14. The van der Waals surface area contributed by atoms with E-state index in [0.717, 1.165) is 29.0 Å². The molecule has 1 aromatic heterocycles. The number of nitro groups is 2. The molecule has 2 heterocycles. The van der Waals surface area contributed by atoms with Gasteiger partial charge in [-0.25, -0.2) is 9.67 Å². The Kier molecular flexibility index (Phi) is 4.19. The number of nitro benzene ring substituents is 2. The molecule has 1 aliphatic rings. The zero-order valence-electron chi connectivity index (χ0n) is 14.9. The van der Waals surface area contributed by atoms with Gasteiger partial charge in [0.15, 0.2) is 5.82 Å². The van der Waals surface area contributed by atoms with E-state index >= 15 is 0 Å². The van der Waals surface area contributed by atoms with Gasteiger partial charge in [-0.3, -0.25) is 20.2 Å². The van der Waals surface area contributed by atoms with Crippen LogP contribution < -0.4 is 0 Å². The van der Waals surface area contributed by atoms with Crippen molar-refractivity contribution in [3.05, 3.63) is 85.6 Å². The molecule has 28 heavy (non-hydrogen) atoms. The fourth-order valence-corrected chi connectivity index (χ4v) is 3.26. The Balaban J connectivity index is 1.75. The highest BCUT2D eigenvalue weighted by molar-refractivity contribution is 6.03. The largest absolute Gasteiger partial charge is 0.269 e. The lowest BCUT2D eigenvalue weighted by molar-refractivity contribution is -0.385. The molecule has 0 radical (unpaired) electrons. The van der Waals surface area contributed by atoms with Gasteiger partial charge in [-0.2, -0.15) is 5.10 Å². The fourth-order valence-electron chi connectivity index (χ4n) is 3.26. The van der Waals surface area contributed by atoms with E-state index in [9.17, 15) is 20.2 Å². The van der Waals surface area contributed by atoms with Crippen molar-refractivity contribution >= 4 is 22.9 Å². The van der Waals surface area contributed by atoms with Gasteiger partial charge in [-0.1, -0.05) is 0 Å². The Labute approximate surface area is 159 Å². The van der Waals surface area contributed by atoms with Gasteiger partial charge in [-0.05, 0) is 49.6 Å². The summed E-state index contributed by atoms with van der Waals surface area (Å²) in [5.41, 5.74) is 4.27. The number of aryl methyl sites for hydroxylation is 1. The van der Waals surface area contributed by atoms with Crippen molar-refractivity contribution in [2.24, 2.45) is 4.99 Å². The van der Waals surface area contributed by atoms with Gasteiger partial charge >= 0.3 is 0 Å². The molecule has 0 amide bonds. The molecule has 0 unspecified atom stereocenters. The number of hydrogen-bond acceptors (Lipinski definition) is 6. The second-order valence-corrected chi connectivity index (χ2v) is 6.44. The molecule has 3 aromatic rings. The monoisotopic (exact) mass is 377 g/mol. The van der Waals surface area contributed by atoms with Gasteiger partial charge in [0.05, 0.1) is 26.9 Å². The molecule has 0 bridgehead atoms. The minimum Gasteiger partial charge on any atom is -0.258 e. The molecule has 0 aliphatic carbocycles. The van der Waals surface area contributed by atoms with E-state index in [4.69, 9.17) is 4.99 Å². The summed E-state index contributed by atoms with van der Waals surface area (Å²) in [6.45, 7) is 1.91. The standard InChI is InChI=1S/C19H15N5O4/c1-12-17-10-11-18(13-2-4-15(5-3-13)23(25)26)20-19(17)22(21-12)14-6-8-16(9-7-14)24(27)28/h2-9H,10-11H2,1H3. The van der Waals surface area contributed by atoms with Gasteiger partial charge in [0.2, 0.25) is 0 Å². The van der Waals surface area contributed by atoms with E-state index in [1.807, 2.05) is 6.92 Å². The van der Waals surface area contributed by atoms with Crippen LogP contribution in [0, 0.1) is 27.2 Å². The van der Waals surface area contributed by atoms with Crippen molar-refractivity contribution in [1.29, 1.82) is 0 Å². The molecule has 0 N–H and O–H groups in total. The molecule has 0 fully saturated rings. The highest BCUT2D eigenvalue weighted by Gasteiger charge is 2.22. The van der Waals surface area contributed by atoms with Crippen LogP contribution in [0.4, 0.5) is 17.2 Å². The maximum Gasteiger partial charge on any atom is 0.269 e. The summed E-state index contributed by atoms with van der Waals surface area (Å²) >= 11 is 0. The van der Waals surface area contributed by atoms with Crippen LogP contribution in [0.5, 0.6) is 0 Å². The van der Waals surface area contributed by atoms with Crippen LogP contribution in [-0.4, -0.2) is 25.3 Å². The molecule has 2 aromatic carbocycles. The van der Waals surface area contributed by atoms with Crippen LogP contribution in [-0.2, 0) is 6.42 Å². The minimum absolute atomic E-state index is 0.0107. The zero-order valence-corrected chi connectivity index (χ0v) is 14.9. The van der Waals surface area contributed by atoms with E-state index in [1.165, 1.54) is 24.3 Å². The lowest BCUT2D eigenvalue weighted by Crippen LogP contribution is -2.09. The molecular weight excluding hydrogens is 362 g/mol. The quantitative estimate of drug-likeness (QED) is 0.502. The van der Waals surface area contributed by atoms with Gasteiger partial charge in [-0.15, -0.1) is 0 Å². The molecular formula is C19H15N5O4. The van der Waals surface area contributed by atoms with Crippen molar-refractivity contribution in [3.63, 3.8) is 0 Å². The summed E-state index contributed by atoms with van der Waals surface area (Å²) in [6.07, 6.45) is 1.46. The number of nitrogens with zero attached hydrogens (tertiary/aromatic N) is 5. The van der Waals surface area contributed by atoms with Crippen LogP contribution in [0.3, 0.4) is 0 Å². The lowest BCUT2D eigenvalue weighted by atomic mass is 9.99. The number of aliphatic imine (C=N–C) groups is 1. The Morgan fingerprint density at radius 3 is 2.04 bits per heavy atom. The molecule has 9 heteroatoms. The first-order valence-corrected chi connectivity index (χ1v) is 8.60. The average Bonchev–Trinajstić information content (AvgIpc) is 3.04. The van der Waals surface area contributed by atoms with Crippen molar-refractivity contribution in [3.8, 4) is 5.69 Å². The predicted octanol–water partition coefficient (Wildman–Crippen LogP) is 4.06. The Morgan fingerprint density at radius 2 is 1.46 bits per heavy atom. The normalized spacial score (nSPS) is 13.0. The van der Waals surface area contributed by atoms with Gasteiger partial charge < -0.3 is 0 Å². The van der Waals surface area contributed by atoms with Crippen LogP contribution >= 0.6 is 0 Å². The number of fused-ring (bicyclic) bond motifs is 1. The number of aromatic nitrogens is 2. The smallest absolute Gasteiger partial charge is 0.258 e. The van der Waals surface area contributed by atoms with Gasteiger partial charge in [0, 0.05) is 29.8 Å². The van der Waals surface area contributed by atoms with Gasteiger partial charge in [0.1, 0.15) is 0 Å². The van der Waals surface area contributed by atoms with Crippen molar-refractivity contribution in [2.75, 3.05) is 0 Å². The molecule has 0 saturated carbocycles. The maximum atomic E-state index is 10.9. The Hall–Kier alpha value is -3.88. The number of benzene rings is 2. The fraction of sp³-hybridized carbons (Fsp3) is 0.158. The molecule has 0 spiro atoms. The first kappa shape index (κ1) is 17.5. The van der Waals surface area contributed by atoms with E-state index in [0.29, 0.717) is 17.9 Å². The topological polar surface area (TPSA) is 116 Å². The summed E-state index contributed by atoms with van der Waals surface area (Å²) in [5.74, 6) is 0.686. The molecule has 1 aliphatic heterocycles. The van der Waals surface area contributed by atoms with E-state index in [2.05, 4.69) is 5.10 Å². The van der Waals surface area contributed by atoms with Crippen LogP contribution in [0.2, 0.25) is 0 Å². The SMILES string of the molecule is Cc1nn(-c2ccc([N+](=O)[O-])cc2)c2c1CCC(c1ccc([N+](=O)[O-])cc1)=N2. The number of hydrogen-bond donors (Lipinski definition) is 0. The average molecular weight is 377 g/mol. The summed E-state index contributed by atoms with van der Waals surface area (Å²) in [5, 5.41) is 26.3. The second kappa shape index (κ2) is 6.69. The Bertz CT molecular complexity index is 1110. The maximum absolute atomic E-state index is 10.9. The number of non-ortho nitro benzene ring substituents is 2. The first-order chi connectivity index (χ1) is 13.4.